The van der Waals surface area contributed by atoms with Crippen molar-refractivity contribution in [1.82, 2.24) is 20.1 Å². The lowest BCUT2D eigenvalue weighted by molar-refractivity contribution is -0.115. The number of piperidine rings is 1. The van der Waals surface area contributed by atoms with Crippen molar-refractivity contribution in [2.24, 2.45) is 0 Å². The highest BCUT2D eigenvalue weighted by atomic mass is 16.1. The summed E-state index contributed by atoms with van der Waals surface area (Å²) in [4.78, 5) is 22.5. The molecule has 0 spiro atoms. The lowest BCUT2D eigenvalue weighted by atomic mass is 9.95. The molecule has 1 saturated carbocycles. The molecule has 182 valence electrons. The second-order valence-corrected chi connectivity index (χ2v) is 9.86. The van der Waals surface area contributed by atoms with Gasteiger partial charge in [-0.25, -0.2) is 4.98 Å². The van der Waals surface area contributed by atoms with Gasteiger partial charge in [-0.05, 0) is 57.7 Å². The zero-order valence-electron chi connectivity index (χ0n) is 20.2. The minimum atomic E-state index is -0.307. The van der Waals surface area contributed by atoms with Crippen LogP contribution in [0.1, 0.15) is 63.4 Å². The summed E-state index contributed by atoms with van der Waals surface area (Å²) in [7, 11) is 1.78. The van der Waals surface area contributed by atoms with Crippen molar-refractivity contribution in [2.45, 2.75) is 69.9 Å². The molecular weight excluding hydrogens is 414 g/mol. The number of carbonyl (C=O) groups excluding carboxylic acids is 1. The van der Waals surface area contributed by atoms with Gasteiger partial charge in [0, 0.05) is 50.9 Å². The summed E-state index contributed by atoms with van der Waals surface area (Å²) in [6.07, 6.45) is 12.5. The molecule has 0 aromatic carbocycles. The summed E-state index contributed by atoms with van der Waals surface area (Å²) in [6.45, 7) is 6.79. The molecule has 33 heavy (non-hydrogen) atoms. The van der Waals surface area contributed by atoms with Crippen molar-refractivity contribution in [3.05, 3.63) is 17.8 Å². The standard InChI is InChI=1S/C25H41N7O/c1-27-24-22(17-21(18-28-24)29-19-7-3-2-4-8-19)23(26)25(33)30-20-9-13-32(14-10-20)16-15-31-11-5-6-12-31/h17-20,26,29H,2-16H2,1H3,(H,27,28)(H,30,33). The molecule has 0 bridgehead atoms. The Morgan fingerprint density at radius 2 is 1.64 bits per heavy atom. The first-order chi connectivity index (χ1) is 16.1. The van der Waals surface area contributed by atoms with Crippen LogP contribution >= 0.6 is 0 Å². The Bertz CT molecular complexity index is 794. The van der Waals surface area contributed by atoms with Crippen molar-refractivity contribution in [1.29, 1.82) is 5.41 Å². The molecule has 3 aliphatic rings. The van der Waals surface area contributed by atoms with E-state index in [4.69, 9.17) is 5.41 Å². The van der Waals surface area contributed by atoms with Gasteiger partial charge in [-0.2, -0.15) is 0 Å². The van der Waals surface area contributed by atoms with Gasteiger partial charge in [0.25, 0.3) is 5.91 Å². The third-order valence-electron chi connectivity index (χ3n) is 7.45. The van der Waals surface area contributed by atoms with Crippen molar-refractivity contribution in [2.75, 3.05) is 56.9 Å². The maximum absolute atomic E-state index is 12.9. The van der Waals surface area contributed by atoms with Gasteiger partial charge in [0.05, 0.1) is 11.9 Å². The Morgan fingerprint density at radius 3 is 2.30 bits per heavy atom. The van der Waals surface area contributed by atoms with Gasteiger partial charge < -0.3 is 25.8 Å². The average Bonchev–Trinajstić information content (AvgIpc) is 3.37. The van der Waals surface area contributed by atoms with Crippen LogP contribution in [0.3, 0.4) is 0 Å². The summed E-state index contributed by atoms with van der Waals surface area (Å²) < 4.78 is 0. The van der Waals surface area contributed by atoms with E-state index in [-0.39, 0.29) is 17.7 Å². The zero-order valence-corrected chi connectivity index (χ0v) is 20.2. The number of rotatable bonds is 9. The fourth-order valence-electron chi connectivity index (χ4n) is 5.39. The van der Waals surface area contributed by atoms with Crippen LogP contribution in [0.4, 0.5) is 11.5 Å². The molecule has 1 aromatic rings. The predicted molar refractivity (Wildman–Crippen MR) is 134 cm³/mol. The van der Waals surface area contributed by atoms with Crippen molar-refractivity contribution in [3.8, 4) is 0 Å². The first-order valence-corrected chi connectivity index (χ1v) is 12.9. The molecular formula is C25H41N7O. The quantitative estimate of drug-likeness (QED) is 0.428. The lowest BCUT2D eigenvalue weighted by Crippen LogP contribution is -2.47. The van der Waals surface area contributed by atoms with Crippen LogP contribution in [0.5, 0.6) is 0 Å². The first-order valence-electron chi connectivity index (χ1n) is 12.9. The molecule has 4 rings (SSSR count). The van der Waals surface area contributed by atoms with E-state index in [0.717, 1.165) is 57.5 Å². The molecule has 1 aromatic heterocycles. The SMILES string of the molecule is CNc1ncc(NC2CCCCC2)cc1C(=N)C(=O)NC1CCN(CCN2CCCC2)CC1. The van der Waals surface area contributed by atoms with Crippen LogP contribution in [0.25, 0.3) is 0 Å². The normalized spacial score (nSPS) is 21.1. The highest BCUT2D eigenvalue weighted by molar-refractivity contribution is 6.45. The Hall–Kier alpha value is -2.19. The van der Waals surface area contributed by atoms with Crippen molar-refractivity contribution in [3.63, 3.8) is 0 Å². The summed E-state index contributed by atoms with van der Waals surface area (Å²) in [6, 6.07) is 2.49. The summed E-state index contributed by atoms with van der Waals surface area (Å²) in [5.74, 6) is 0.264. The van der Waals surface area contributed by atoms with E-state index in [0.29, 0.717) is 17.4 Å². The van der Waals surface area contributed by atoms with E-state index in [1.807, 2.05) is 6.07 Å². The molecule has 1 amide bonds. The summed E-state index contributed by atoms with van der Waals surface area (Å²) >= 11 is 0. The fourth-order valence-corrected chi connectivity index (χ4v) is 5.39. The van der Waals surface area contributed by atoms with Gasteiger partial charge >= 0.3 is 0 Å². The number of hydrogen-bond acceptors (Lipinski definition) is 7. The molecule has 0 unspecified atom stereocenters. The minimum Gasteiger partial charge on any atom is -0.381 e. The van der Waals surface area contributed by atoms with E-state index in [1.54, 1.807) is 13.2 Å². The molecule has 1 aliphatic carbocycles. The van der Waals surface area contributed by atoms with Gasteiger partial charge in [-0.1, -0.05) is 19.3 Å². The van der Waals surface area contributed by atoms with Crippen LogP contribution < -0.4 is 16.0 Å². The Labute approximate surface area is 198 Å². The van der Waals surface area contributed by atoms with E-state index in [2.05, 4.69) is 30.7 Å². The number of nitrogens with one attached hydrogen (secondary N) is 4. The smallest absolute Gasteiger partial charge is 0.270 e. The van der Waals surface area contributed by atoms with Crippen LogP contribution in [-0.2, 0) is 4.79 Å². The van der Waals surface area contributed by atoms with Gasteiger partial charge in [0.15, 0.2) is 0 Å². The first kappa shape index (κ1) is 24.0. The van der Waals surface area contributed by atoms with Crippen LogP contribution in [-0.4, -0.2) is 84.8 Å². The molecule has 0 radical (unpaired) electrons. The fraction of sp³-hybridized carbons (Fsp3) is 0.720. The number of carbonyl (C=O) groups is 1. The molecule has 0 atom stereocenters. The number of pyridine rings is 1. The molecule has 3 heterocycles. The second kappa shape index (κ2) is 11.8. The largest absolute Gasteiger partial charge is 0.381 e. The van der Waals surface area contributed by atoms with Crippen LogP contribution in [0.2, 0.25) is 0 Å². The van der Waals surface area contributed by atoms with Crippen molar-refractivity contribution < 1.29 is 4.79 Å². The Balaban J connectivity index is 1.28. The third kappa shape index (κ3) is 6.67. The number of likely N-dealkylation sites (tertiary alicyclic amines) is 2. The average molecular weight is 456 g/mol. The summed E-state index contributed by atoms with van der Waals surface area (Å²) in [5.41, 5.74) is 1.43. The second-order valence-electron chi connectivity index (χ2n) is 9.86. The van der Waals surface area contributed by atoms with E-state index in [1.165, 1.54) is 45.2 Å². The topological polar surface area (TPSA) is 96.4 Å². The maximum Gasteiger partial charge on any atom is 0.270 e. The van der Waals surface area contributed by atoms with Gasteiger partial charge in [-0.3, -0.25) is 10.2 Å². The number of aromatic nitrogens is 1. The molecule has 4 N–H and O–H groups in total. The third-order valence-corrected chi connectivity index (χ3v) is 7.45. The Morgan fingerprint density at radius 1 is 0.970 bits per heavy atom. The molecule has 8 nitrogen and oxygen atoms in total. The lowest BCUT2D eigenvalue weighted by Gasteiger charge is -2.33. The van der Waals surface area contributed by atoms with Gasteiger partial charge in [-0.15, -0.1) is 0 Å². The number of amides is 1. The molecule has 2 aliphatic heterocycles. The highest BCUT2D eigenvalue weighted by Gasteiger charge is 2.25. The van der Waals surface area contributed by atoms with Crippen molar-refractivity contribution >= 4 is 23.1 Å². The van der Waals surface area contributed by atoms with E-state index < -0.39 is 0 Å². The predicted octanol–water partition coefficient (Wildman–Crippen LogP) is 2.91. The van der Waals surface area contributed by atoms with E-state index >= 15 is 0 Å². The number of hydrogen-bond donors (Lipinski definition) is 4. The Kier molecular flexibility index (Phi) is 8.56. The highest BCUT2D eigenvalue weighted by Crippen LogP contribution is 2.24. The molecule has 8 heteroatoms. The van der Waals surface area contributed by atoms with E-state index in [9.17, 15) is 4.79 Å². The van der Waals surface area contributed by atoms with Crippen LogP contribution in [0.15, 0.2) is 12.3 Å². The van der Waals surface area contributed by atoms with Crippen LogP contribution in [0, 0.1) is 5.41 Å². The summed E-state index contributed by atoms with van der Waals surface area (Å²) in [5, 5.41) is 18.3. The zero-order chi connectivity index (χ0) is 23.0. The maximum atomic E-state index is 12.9. The molecule has 3 fully saturated rings. The van der Waals surface area contributed by atoms with Gasteiger partial charge in [0.1, 0.15) is 11.5 Å². The monoisotopic (exact) mass is 455 g/mol. The number of anilines is 2. The van der Waals surface area contributed by atoms with Gasteiger partial charge in [0.2, 0.25) is 0 Å². The molecule has 2 saturated heterocycles. The minimum absolute atomic E-state index is 0.0180. The number of nitrogens with zero attached hydrogens (tertiary/aromatic N) is 3.